The van der Waals surface area contributed by atoms with Gasteiger partial charge in [-0.15, -0.1) is 0 Å². The van der Waals surface area contributed by atoms with E-state index >= 15 is 0 Å². The largest absolute Gasteiger partial charge is 0.259 e. The van der Waals surface area contributed by atoms with Crippen molar-refractivity contribution in [3.8, 4) is 0 Å². The third-order valence-electron chi connectivity index (χ3n) is 2.53. The van der Waals surface area contributed by atoms with Crippen LogP contribution >= 0.6 is 0 Å². The normalized spacial score (nSPS) is 23.5. The van der Waals surface area contributed by atoms with Crippen molar-refractivity contribution >= 4 is 20.8 Å². The van der Waals surface area contributed by atoms with E-state index in [1.165, 1.54) is 0 Å². The van der Waals surface area contributed by atoms with Crippen molar-refractivity contribution in [2.24, 2.45) is 0 Å². The Balaban J connectivity index is 2.56. The lowest BCUT2D eigenvalue weighted by atomic mass is 9.84. The van der Waals surface area contributed by atoms with Crippen molar-refractivity contribution in [3.63, 3.8) is 0 Å². The Morgan fingerprint density at radius 1 is 1.46 bits per heavy atom. The highest BCUT2D eigenvalue weighted by Gasteiger charge is 2.41. The summed E-state index contributed by atoms with van der Waals surface area (Å²) in [4.78, 5) is 0. The van der Waals surface area contributed by atoms with E-state index in [0.29, 0.717) is 6.54 Å². The first-order valence-corrected chi connectivity index (χ1v) is 7.59. The molecule has 1 N–H and O–H groups in total. The molecule has 0 bridgehead atoms. The zero-order chi connectivity index (χ0) is 10.1. The molecule has 1 fully saturated rings. The molecular formula is C7H15NO3S2. The van der Waals surface area contributed by atoms with Crippen molar-refractivity contribution in [1.82, 2.24) is 4.72 Å². The Morgan fingerprint density at radius 3 is 2.23 bits per heavy atom. The molecule has 0 aliphatic heterocycles. The third kappa shape index (κ3) is 2.75. The maximum Gasteiger partial charge on any atom is 0.208 e. The molecule has 1 saturated carbocycles. The first kappa shape index (κ1) is 11.1. The van der Waals surface area contributed by atoms with Gasteiger partial charge in [0.1, 0.15) is 0 Å². The second kappa shape index (κ2) is 3.67. The minimum atomic E-state index is -3.15. The van der Waals surface area contributed by atoms with Crippen LogP contribution in [0.3, 0.4) is 0 Å². The average molecular weight is 225 g/mol. The molecule has 0 aromatic carbocycles. The topological polar surface area (TPSA) is 63.2 Å². The quantitative estimate of drug-likeness (QED) is 0.723. The molecule has 6 heteroatoms. The number of nitrogens with one attached hydrogen (secondary N) is 1. The molecule has 0 radical (unpaired) electrons. The van der Waals surface area contributed by atoms with E-state index in [2.05, 4.69) is 4.72 Å². The zero-order valence-electron chi connectivity index (χ0n) is 7.87. The van der Waals surface area contributed by atoms with Gasteiger partial charge in [0.2, 0.25) is 10.0 Å². The van der Waals surface area contributed by atoms with Crippen LogP contribution in [0.4, 0.5) is 0 Å². The summed E-state index contributed by atoms with van der Waals surface area (Å²) in [6.07, 6.45) is 5.53. The van der Waals surface area contributed by atoms with Crippen molar-refractivity contribution < 1.29 is 12.6 Å². The molecular weight excluding hydrogens is 210 g/mol. The molecule has 1 atom stereocenters. The summed E-state index contributed by atoms with van der Waals surface area (Å²) in [5, 5.41) is 0. The Labute approximate surface area is 81.6 Å². The molecule has 0 aromatic rings. The summed E-state index contributed by atoms with van der Waals surface area (Å²) >= 11 is 0. The van der Waals surface area contributed by atoms with Crippen LogP contribution in [0.2, 0.25) is 0 Å². The maximum absolute atomic E-state index is 11.3. The van der Waals surface area contributed by atoms with Crippen molar-refractivity contribution in [2.75, 3.05) is 19.1 Å². The van der Waals surface area contributed by atoms with Gasteiger partial charge in [-0.3, -0.25) is 4.21 Å². The lowest BCUT2D eigenvalue weighted by molar-refractivity contribution is 0.351. The summed E-state index contributed by atoms with van der Waals surface area (Å²) in [5.74, 6) is 0. The second-order valence-corrected chi connectivity index (χ2v) is 7.19. The molecule has 0 heterocycles. The number of sulfonamides is 1. The smallest absolute Gasteiger partial charge is 0.208 e. The van der Waals surface area contributed by atoms with E-state index in [4.69, 9.17) is 0 Å². The Hall–Kier alpha value is 0.0600. The van der Waals surface area contributed by atoms with Crippen LogP contribution in [0.5, 0.6) is 0 Å². The molecule has 1 unspecified atom stereocenters. The number of hydrogen-bond donors (Lipinski definition) is 1. The standard InChI is InChI=1S/C7H15NO3S2/c1-12(9)7(4-3-5-7)6-8-13(2,10)11/h8H,3-6H2,1-2H3. The number of rotatable bonds is 4. The summed E-state index contributed by atoms with van der Waals surface area (Å²) in [6.45, 7) is 0.314. The van der Waals surface area contributed by atoms with Gasteiger partial charge in [0.05, 0.1) is 11.0 Å². The summed E-state index contributed by atoms with van der Waals surface area (Å²) in [5.41, 5.74) is 0. The number of hydrogen-bond acceptors (Lipinski definition) is 3. The lowest BCUT2D eigenvalue weighted by Gasteiger charge is -2.39. The van der Waals surface area contributed by atoms with Crippen molar-refractivity contribution in [2.45, 2.75) is 24.0 Å². The van der Waals surface area contributed by atoms with Crippen LogP contribution < -0.4 is 4.72 Å². The molecule has 0 spiro atoms. The summed E-state index contributed by atoms with van der Waals surface area (Å²) < 4.78 is 35.1. The molecule has 1 rings (SSSR count). The monoisotopic (exact) mass is 225 g/mol. The van der Waals surface area contributed by atoms with Gasteiger partial charge in [-0.2, -0.15) is 0 Å². The SMILES string of the molecule is CS(=O)C1(CNS(C)(=O)=O)CCC1. The van der Waals surface area contributed by atoms with Crippen molar-refractivity contribution in [1.29, 1.82) is 0 Å². The van der Waals surface area contributed by atoms with Crippen LogP contribution in [0.1, 0.15) is 19.3 Å². The van der Waals surface area contributed by atoms with E-state index in [9.17, 15) is 12.6 Å². The molecule has 1 aliphatic carbocycles. The summed E-state index contributed by atoms with van der Waals surface area (Å²) in [7, 11) is -4.10. The van der Waals surface area contributed by atoms with Crippen LogP contribution in [0, 0.1) is 0 Å². The highest BCUT2D eigenvalue weighted by Crippen LogP contribution is 2.36. The fourth-order valence-corrected chi connectivity index (χ4v) is 3.17. The Kier molecular flexibility index (Phi) is 3.14. The minimum absolute atomic E-state index is 0.289. The molecule has 4 nitrogen and oxygen atoms in total. The van der Waals surface area contributed by atoms with E-state index < -0.39 is 20.8 Å². The highest BCUT2D eigenvalue weighted by atomic mass is 32.2. The van der Waals surface area contributed by atoms with Gasteiger partial charge in [0, 0.05) is 23.6 Å². The molecule has 0 saturated heterocycles. The molecule has 78 valence electrons. The van der Waals surface area contributed by atoms with Gasteiger partial charge in [0.25, 0.3) is 0 Å². The lowest BCUT2D eigenvalue weighted by Crippen LogP contribution is -2.50. The van der Waals surface area contributed by atoms with Crippen LogP contribution in [0.25, 0.3) is 0 Å². The van der Waals surface area contributed by atoms with Crippen LogP contribution in [-0.4, -0.2) is 36.4 Å². The predicted molar refractivity (Wildman–Crippen MR) is 53.5 cm³/mol. The van der Waals surface area contributed by atoms with Gasteiger partial charge in [-0.05, 0) is 12.8 Å². The second-order valence-electron chi connectivity index (χ2n) is 3.58. The molecule has 13 heavy (non-hydrogen) atoms. The first-order chi connectivity index (χ1) is 5.86. The van der Waals surface area contributed by atoms with Crippen molar-refractivity contribution in [3.05, 3.63) is 0 Å². The maximum atomic E-state index is 11.3. The van der Waals surface area contributed by atoms with Crippen LogP contribution in [-0.2, 0) is 20.8 Å². The summed E-state index contributed by atoms with van der Waals surface area (Å²) in [6, 6.07) is 0. The first-order valence-electron chi connectivity index (χ1n) is 4.14. The van der Waals surface area contributed by atoms with Gasteiger partial charge in [-0.25, -0.2) is 13.1 Å². The fourth-order valence-electron chi connectivity index (χ4n) is 1.40. The predicted octanol–water partition coefficient (Wildman–Crippen LogP) is -0.163. The van der Waals surface area contributed by atoms with E-state index in [-0.39, 0.29) is 4.75 Å². The molecule has 0 amide bonds. The molecule has 0 aromatic heterocycles. The van der Waals surface area contributed by atoms with Gasteiger partial charge < -0.3 is 0 Å². The third-order valence-corrected chi connectivity index (χ3v) is 4.97. The fraction of sp³-hybridized carbons (Fsp3) is 1.00. The van der Waals surface area contributed by atoms with E-state index in [0.717, 1.165) is 25.5 Å². The zero-order valence-corrected chi connectivity index (χ0v) is 9.50. The molecule has 1 aliphatic rings. The Bertz CT molecular complexity index is 306. The van der Waals surface area contributed by atoms with Crippen LogP contribution in [0.15, 0.2) is 0 Å². The van der Waals surface area contributed by atoms with Gasteiger partial charge in [0.15, 0.2) is 0 Å². The average Bonchev–Trinajstić information content (AvgIpc) is 1.80. The highest BCUT2D eigenvalue weighted by molar-refractivity contribution is 7.89. The Morgan fingerprint density at radius 2 is 2.00 bits per heavy atom. The van der Waals surface area contributed by atoms with Gasteiger partial charge >= 0.3 is 0 Å². The van der Waals surface area contributed by atoms with Gasteiger partial charge in [-0.1, -0.05) is 6.42 Å². The minimum Gasteiger partial charge on any atom is -0.259 e. The van der Waals surface area contributed by atoms with E-state index in [1.807, 2.05) is 0 Å². The van der Waals surface area contributed by atoms with E-state index in [1.54, 1.807) is 6.26 Å².